The van der Waals surface area contributed by atoms with Crippen LogP contribution in [0.3, 0.4) is 0 Å². The Morgan fingerprint density at radius 3 is 2.59 bits per heavy atom. The quantitative estimate of drug-likeness (QED) is 0.793. The number of piperidine rings is 1. The highest BCUT2D eigenvalue weighted by Gasteiger charge is 2.32. The zero-order chi connectivity index (χ0) is 19.4. The van der Waals surface area contributed by atoms with E-state index < -0.39 is 10.0 Å². The standard InChI is InChI=1S/C19H24N2O4S2/c1-14(2)25-17-6-3-5-16(13-17)20-19(22)15-8-10-21(11-9-15)27(23,24)18-7-4-12-26-18/h3-7,12-15H,8-11H2,1-2H3,(H,20,22). The number of benzene rings is 1. The molecule has 1 aromatic heterocycles. The Hall–Kier alpha value is -1.90. The highest BCUT2D eigenvalue weighted by Crippen LogP contribution is 2.27. The van der Waals surface area contributed by atoms with Gasteiger partial charge in [0.2, 0.25) is 5.91 Å². The van der Waals surface area contributed by atoms with Gasteiger partial charge in [-0.05, 0) is 50.3 Å². The lowest BCUT2D eigenvalue weighted by Gasteiger charge is -2.30. The van der Waals surface area contributed by atoms with E-state index in [0.717, 1.165) is 0 Å². The van der Waals surface area contributed by atoms with E-state index in [1.807, 2.05) is 32.0 Å². The van der Waals surface area contributed by atoms with Gasteiger partial charge in [-0.15, -0.1) is 11.3 Å². The first-order chi connectivity index (χ1) is 12.9. The number of thiophene rings is 1. The highest BCUT2D eigenvalue weighted by atomic mass is 32.2. The van der Waals surface area contributed by atoms with Crippen molar-refractivity contribution in [2.45, 2.75) is 37.0 Å². The maximum atomic E-state index is 12.6. The Kier molecular flexibility index (Phi) is 6.18. The van der Waals surface area contributed by atoms with Crippen molar-refractivity contribution in [3.8, 4) is 5.75 Å². The number of rotatable bonds is 6. The van der Waals surface area contributed by atoms with E-state index in [2.05, 4.69) is 5.32 Å². The van der Waals surface area contributed by atoms with Crippen LogP contribution in [0.2, 0.25) is 0 Å². The fourth-order valence-corrected chi connectivity index (χ4v) is 5.67. The van der Waals surface area contributed by atoms with E-state index in [1.54, 1.807) is 23.6 Å². The summed E-state index contributed by atoms with van der Waals surface area (Å²) < 4.78 is 32.6. The molecule has 1 N–H and O–H groups in total. The van der Waals surface area contributed by atoms with Gasteiger partial charge in [0.15, 0.2) is 0 Å². The topological polar surface area (TPSA) is 75.7 Å². The summed E-state index contributed by atoms with van der Waals surface area (Å²) in [6.45, 7) is 4.61. The van der Waals surface area contributed by atoms with Gasteiger partial charge in [0.25, 0.3) is 10.0 Å². The molecule has 0 bridgehead atoms. The van der Waals surface area contributed by atoms with Gasteiger partial charge in [0.05, 0.1) is 6.10 Å². The summed E-state index contributed by atoms with van der Waals surface area (Å²) in [7, 11) is -3.44. The van der Waals surface area contributed by atoms with Crippen LogP contribution >= 0.6 is 11.3 Å². The predicted octanol–water partition coefficient (Wildman–Crippen LogP) is 3.57. The zero-order valence-corrected chi connectivity index (χ0v) is 17.1. The van der Waals surface area contributed by atoms with Gasteiger partial charge in [0, 0.05) is 30.8 Å². The van der Waals surface area contributed by atoms with Crippen LogP contribution in [0.25, 0.3) is 0 Å². The molecule has 8 heteroatoms. The first-order valence-electron chi connectivity index (χ1n) is 8.97. The van der Waals surface area contributed by atoms with Crippen molar-refractivity contribution in [2.24, 2.45) is 5.92 Å². The first-order valence-corrected chi connectivity index (χ1v) is 11.3. The molecule has 3 rings (SSSR count). The lowest BCUT2D eigenvalue weighted by Crippen LogP contribution is -2.41. The molecule has 1 aromatic carbocycles. The number of nitrogens with zero attached hydrogens (tertiary/aromatic N) is 1. The summed E-state index contributed by atoms with van der Waals surface area (Å²) in [5.74, 6) is 0.430. The molecule has 2 aromatic rings. The minimum atomic E-state index is -3.44. The average molecular weight is 409 g/mol. The molecule has 0 atom stereocenters. The monoisotopic (exact) mass is 408 g/mol. The van der Waals surface area contributed by atoms with Crippen LogP contribution in [-0.4, -0.2) is 37.8 Å². The van der Waals surface area contributed by atoms with Gasteiger partial charge in [-0.1, -0.05) is 12.1 Å². The number of amides is 1. The highest BCUT2D eigenvalue weighted by molar-refractivity contribution is 7.91. The normalized spacial score (nSPS) is 16.4. The molecule has 0 unspecified atom stereocenters. The van der Waals surface area contributed by atoms with Crippen LogP contribution in [-0.2, 0) is 14.8 Å². The number of carbonyl (C=O) groups is 1. The first kappa shape index (κ1) is 19.9. The molecule has 0 aliphatic carbocycles. The van der Waals surface area contributed by atoms with Crippen LogP contribution < -0.4 is 10.1 Å². The van der Waals surface area contributed by atoms with Gasteiger partial charge < -0.3 is 10.1 Å². The Labute approximate surface area is 164 Å². The largest absolute Gasteiger partial charge is 0.491 e. The Morgan fingerprint density at radius 1 is 1.22 bits per heavy atom. The van der Waals surface area contributed by atoms with Crippen molar-refractivity contribution in [2.75, 3.05) is 18.4 Å². The summed E-state index contributed by atoms with van der Waals surface area (Å²) in [6.07, 6.45) is 1.09. The SMILES string of the molecule is CC(C)Oc1cccc(NC(=O)C2CCN(S(=O)(=O)c3cccs3)CC2)c1. The number of sulfonamides is 1. The lowest BCUT2D eigenvalue weighted by molar-refractivity contribution is -0.120. The number of nitrogens with one attached hydrogen (secondary N) is 1. The van der Waals surface area contributed by atoms with Crippen LogP contribution in [0.5, 0.6) is 5.75 Å². The molecular weight excluding hydrogens is 384 g/mol. The van der Waals surface area contributed by atoms with Crippen molar-refractivity contribution >= 4 is 33.0 Å². The third-order valence-corrected chi connectivity index (χ3v) is 7.66. The molecule has 27 heavy (non-hydrogen) atoms. The van der Waals surface area contributed by atoms with E-state index in [1.165, 1.54) is 15.6 Å². The maximum absolute atomic E-state index is 12.6. The molecule has 2 heterocycles. The van der Waals surface area contributed by atoms with Crippen LogP contribution in [0, 0.1) is 5.92 Å². The molecule has 1 amide bonds. The van der Waals surface area contributed by atoms with Crippen LogP contribution in [0.15, 0.2) is 46.0 Å². The number of ether oxygens (including phenoxy) is 1. The van der Waals surface area contributed by atoms with E-state index in [-0.39, 0.29) is 17.9 Å². The molecule has 1 fully saturated rings. The Balaban J connectivity index is 1.57. The Bertz CT molecular complexity index is 871. The smallest absolute Gasteiger partial charge is 0.252 e. The molecule has 0 saturated carbocycles. The zero-order valence-electron chi connectivity index (χ0n) is 15.4. The minimum Gasteiger partial charge on any atom is -0.491 e. The van der Waals surface area contributed by atoms with Gasteiger partial charge in [-0.3, -0.25) is 4.79 Å². The minimum absolute atomic E-state index is 0.0607. The van der Waals surface area contributed by atoms with E-state index in [9.17, 15) is 13.2 Å². The van der Waals surface area contributed by atoms with E-state index in [4.69, 9.17) is 4.74 Å². The summed E-state index contributed by atoms with van der Waals surface area (Å²) in [6, 6.07) is 10.7. The fraction of sp³-hybridized carbons (Fsp3) is 0.421. The second-order valence-corrected chi connectivity index (χ2v) is 9.91. The molecule has 1 aliphatic rings. The van der Waals surface area contributed by atoms with Gasteiger partial charge in [0.1, 0.15) is 9.96 Å². The van der Waals surface area contributed by atoms with Crippen molar-refractivity contribution in [1.82, 2.24) is 4.31 Å². The molecule has 6 nitrogen and oxygen atoms in total. The van der Waals surface area contributed by atoms with Gasteiger partial charge in [-0.25, -0.2) is 8.42 Å². The Morgan fingerprint density at radius 2 is 1.96 bits per heavy atom. The molecule has 146 valence electrons. The predicted molar refractivity (Wildman–Crippen MR) is 107 cm³/mol. The number of hydrogen-bond donors (Lipinski definition) is 1. The molecule has 1 aliphatic heterocycles. The van der Waals surface area contributed by atoms with Crippen molar-refractivity contribution < 1.29 is 17.9 Å². The molecular formula is C19H24N2O4S2. The average Bonchev–Trinajstić information content (AvgIpc) is 3.17. The van der Waals surface area contributed by atoms with Crippen molar-refractivity contribution in [3.63, 3.8) is 0 Å². The van der Waals surface area contributed by atoms with E-state index >= 15 is 0 Å². The molecule has 0 radical (unpaired) electrons. The summed E-state index contributed by atoms with van der Waals surface area (Å²) in [5, 5.41) is 4.68. The second-order valence-electron chi connectivity index (χ2n) is 6.79. The van der Waals surface area contributed by atoms with Crippen molar-refractivity contribution in [1.29, 1.82) is 0 Å². The summed E-state index contributed by atoms with van der Waals surface area (Å²) in [5.41, 5.74) is 0.687. The summed E-state index contributed by atoms with van der Waals surface area (Å²) >= 11 is 1.22. The maximum Gasteiger partial charge on any atom is 0.252 e. The third kappa shape index (κ3) is 4.88. The third-order valence-electron chi connectivity index (χ3n) is 4.39. The molecule has 0 spiro atoms. The number of anilines is 1. The van der Waals surface area contributed by atoms with Crippen LogP contribution in [0.4, 0.5) is 5.69 Å². The molecule has 1 saturated heterocycles. The number of hydrogen-bond acceptors (Lipinski definition) is 5. The van der Waals surface area contributed by atoms with Crippen molar-refractivity contribution in [3.05, 3.63) is 41.8 Å². The van der Waals surface area contributed by atoms with Crippen LogP contribution in [0.1, 0.15) is 26.7 Å². The second kappa shape index (κ2) is 8.41. The number of carbonyl (C=O) groups excluding carboxylic acids is 1. The lowest BCUT2D eigenvalue weighted by atomic mass is 9.97. The van der Waals surface area contributed by atoms with Gasteiger partial charge >= 0.3 is 0 Å². The summed E-state index contributed by atoms with van der Waals surface area (Å²) in [4.78, 5) is 12.6. The van der Waals surface area contributed by atoms with Gasteiger partial charge in [-0.2, -0.15) is 4.31 Å². The van der Waals surface area contributed by atoms with E-state index in [0.29, 0.717) is 41.6 Å². The fourth-order valence-electron chi connectivity index (χ4n) is 3.06.